The summed E-state index contributed by atoms with van der Waals surface area (Å²) in [4.78, 5) is 2.39. The number of hydrogen-bond donors (Lipinski definition) is 1. The lowest BCUT2D eigenvalue weighted by molar-refractivity contribution is -0.505. The molecule has 14 heteroatoms. The summed E-state index contributed by atoms with van der Waals surface area (Å²) in [6.07, 6.45) is 12.5. The average molecular weight is 739 g/mol. The second kappa shape index (κ2) is 14.6. The van der Waals surface area contributed by atoms with Crippen molar-refractivity contribution in [3.63, 3.8) is 0 Å². The molecule has 1 aliphatic heterocycles. The van der Waals surface area contributed by atoms with Crippen LogP contribution in [0.2, 0.25) is 0 Å². The van der Waals surface area contributed by atoms with Gasteiger partial charge in [0.2, 0.25) is 0 Å². The first-order chi connectivity index (χ1) is 24.6. The average Bonchev–Trinajstić information content (AvgIpc) is 3.92. The Hall–Kier alpha value is -5.15. The summed E-state index contributed by atoms with van der Waals surface area (Å²) in [6, 6.07) is 23.2. The minimum absolute atomic E-state index is 0.0666. The molecule has 0 amide bonds. The van der Waals surface area contributed by atoms with E-state index in [1.165, 1.54) is 44.6 Å². The molecule has 0 saturated carbocycles. The molecule has 0 aliphatic carbocycles. The minimum Gasteiger partial charge on any atom is -0.293 e. The smallest absolute Gasteiger partial charge is 0.293 e. The van der Waals surface area contributed by atoms with E-state index in [4.69, 9.17) is 14.8 Å². The molecule has 1 aliphatic rings. The van der Waals surface area contributed by atoms with Crippen LogP contribution in [-0.4, -0.2) is 70.7 Å². The summed E-state index contributed by atoms with van der Waals surface area (Å²) in [5.41, 5.74) is 7.98. The molecule has 1 N–H and O–H groups in total. The van der Waals surface area contributed by atoms with Crippen LogP contribution in [0.5, 0.6) is 0 Å². The maximum absolute atomic E-state index is 10.5. The van der Waals surface area contributed by atoms with Crippen LogP contribution < -0.4 is 8.80 Å². The minimum atomic E-state index is -4.02. The van der Waals surface area contributed by atoms with E-state index in [1.807, 2.05) is 19.4 Å². The number of rotatable bonds is 7. The van der Waals surface area contributed by atoms with Gasteiger partial charge >= 0.3 is 9.92 Å². The van der Waals surface area contributed by atoms with E-state index in [-0.39, 0.29) is 4.90 Å². The molecule has 260 valence electrons. The Labute approximate surface area is 304 Å². The van der Waals surface area contributed by atoms with Crippen molar-refractivity contribution in [3.05, 3.63) is 125 Å². The van der Waals surface area contributed by atoms with E-state index in [2.05, 4.69) is 126 Å². The second-order valence-corrected chi connectivity index (χ2v) is 15.4. The van der Waals surface area contributed by atoms with Crippen LogP contribution in [0.3, 0.4) is 0 Å². The Morgan fingerprint density at radius 2 is 1.08 bits per heavy atom. The number of nitrogens with zero attached hydrogens (tertiary/aromatic N) is 8. The Morgan fingerprint density at radius 1 is 0.667 bits per heavy atom. The number of piperazine rings is 1. The van der Waals surface area contributed by atoms with Gasteiger partial charge in [0.1, 0.15) is 24.8 Å². The molecule has 7 aromatic rings. The van der Waals surface area contributed by atoms with E-state index in [9.17, 15) is 8.42 Å². The molecule has 0 unspecified atom stereocenters. The quantitative estimate of drug-likeness (QED) is 0.132. The summed E-state index contributed by atoms with van der Waals surface area (Å²) >= 11 is 3.49. The third-order valence-corrected chi connectivity index (χ3v) is 11.5. The zero-order chi connectivity index (χ0) is 35.5. The van der Waals surface area contributed by atoms with Crippen molar-refractivity contribution >= 4 is 55.1 Å². The molecular formula is C37H38N8O3S3+2. The number of aryl methyl sites for hydroxylation is 3. The van der Waals surface area contributed by atoms with Crippen molar-refractivity contribution in [2.75, 3.05) is 26.2 Å². The number of hydrogen-bond acceptors (Lipinski definition) is 8. The first-order valence-electron chi connectivity index (χ1n) is 16.3. The lowest BCUT2D eigenvalue weighted by atomic mass is 10.1. The highest BCUT2D eigenvalue weighted by Crippen LogP contribution is 2.23. The number of thiazole rings is 2. The Bertz CT molecular complexity index is 2300. The van der Waals surface area contributed by atoms with Crippen molar-refractivity contribution < 1.29 is 21.8 Å². The predicted molar refractivity (Wildman–Crippen MR) is 203 cm³/mol. The predicted octanol–water partition coefficient (Wildman–Crippen LogP) is 5.53. The molecule has 0 bridgehead atoms. The molecule has 1 saturated heterocycles. The molecule has 51 heavy (non-hydrogen) atoms. The van der Waals surface area contributed by atoms with Crippen molar-refractivity contribution in [1.29, 1.82) is 0 Å². The van der Waals surface area contributed by atoms with Gasteiger partial charge in [0, 0.05) is 21.9 Å². The standard InChI is InChI=1S/C30H30N8S2.C7H8O3S/c1-33-27(21-35-15-17-39-29(33)35)25-7-3-23(4-8-25)19-31-37-11-13-38(14-12-37)32-20-24-5-9-26(10-6-24)28-22-36-16-18-40-30(36)34(28)2;1-6-2-4-7(5-3-6)11(8,9)10/h3-10,15-22H,11-14H2,1-2H3;2-5H,1H3,(H,8,9,10)/q+2;/b31-19+,32-20+;. The highest BCUT2D eigenvalue weighted by molar-refractivity contribution is 7.85. The Morgan fingerprint density at radius 3 is 1.45 bits per heavy atom. The molecule has 3 aromatic carbocycles. The largest absolute Gasteiger partial charge is 0.345 e. The van der Waals surface area contributed by atoms with Crippen LogP contribution in [0.25, 0.3) is 32.4 Å². The summed E-state index contributed by atoms with van der Waals surface area (Å²) in [5, 5.41) is 17.9. The van der Waals surface area contributed by atoms with Gasteiger partial charge < -0.3 is 0 Å². The molecule has 8 rings (SSSR count). The summed E-state index contributed by atoms with van der Waals surface area (Å²) in [7, 11) is 0.208. The van der Waals surface area contributed by atoms with Gasteiger partial charge in [-0.25, -0.2) is 9.13 Å². The highest BCUT2D eigenvalue weighted by atomic mass is 32.2. The second-order valence-electron chi connectivity index (χ2n) is 12.3. The van der Waals surface area contributed by atoms with Crippen molar-refractivity contribution in [2.45, 2.75) is 11.8 Å². The molecule has 4 aromatic heterocycles. The molecule has 0 spiro atoms. The first kappa shape index (κ1) is 34.3. The van der Waals surface area contributed by atoms with Crippen LogP contribution in [0, 0.1) is 6.92 Å². The molecular weight excluding hydrogens is 701 g/mol. The van der Waals surface area contributed by atoms with Crippen molar-refractivity contribution in [1.82, 2.24) is 19.2 Å². The normalized spacial score (nSPS) is 13.9. The van der Waals surface area contributed by atoms with Crippen LogP contribution in [-0.2, 0) is 24.2 Å². The molecule has 1 fully saturated rings. The number of benzene rings is 3. The van der Waals surface area contributed by atoms with E-state index >= 15 is 0 Å². The van der Waals surface area contributed by atoms with Crippen LogP contribution >= 0.6 is 22.7 Å². The molecule has 0 atom stereocenters. The zero-order valence-electron chi connectivity index (χ0n) is 28.4. The van der Waals surface area contributed by atoms with Crippen LogP contribution in [0.4, 0.5) is 0 Å². The summed E-state index contributed by atoms with van der Waals surface area (Å²) in [5.74, 6) is 0. The van der Waals surface area contributed by atoms with Gasteiger partial charge in [-0.3, -0.25) is 14.6 Å². The Balaban J connectivity index is 0.000000318. The molecule has 5 heterocycles. The van der Waals surface area contributed by atoms with Gasteiger partial charge in [0.25, 0.3) is 10.1 Å². The van der Waals surface area contributed by atoms with Gasteiger partial charge in [0.05, 0.1) is 57.6 Å². The van der Waals surface area contributed by atoms with Crippen LogP contribution in [0.1, 0.15) is 16.7 Å². The van der Waals surface area contributed by atoms with Gasteiger partial charge in [-0.1, -0.05) is 64.6 Å². The molecule has 0 radical (unpaired) electrons. The third kappa shape index (κ3) is 7.78. The third-order valence-electron chi connectivity index (χ3n) is 8.76. The fourth-order valence-electron chi connectivity index (χ4n) is 5.85. The molecule has 11 nitrogen and oxygen atoms in total. The fraction of sp³-hybridized carbons (Fsp3) is 0.189. The lowest BCUT2D eigenvalue weighted by Gasteiger charge is -2.31. The topological polar surface area (TPSA) is 104 Å². The number of imidazole rings is 2. The van der Waals surface area contributed by atoms with E-state index < -0.39 is 10.1 Å². The van der Waals surface area contributed by atoms with Gasteiger partial charge in [-0.2, -0.15) is 27.4 Å². The Kier molecular flexibility index (Phi) is 9.82. The highest BCUT2D eigenvalue weighted by Gasteiger charge is 2.18. The fourth-order valence-corrected chi connectivity index (χ4v) is 7.94. The summed E-state index contributed by atoms with van der Waals surface area (Å²) in [6.45, 7) is 5.25. The van der Waals surface area contributed by atoms with Crippen molar-refractivity contribution in [3.8, 4) is 22.5 Å². The van der Waals surface area contributed by atoms with E-state index in [0.717, 1.165) is 42.9 Å². The maximum atomic E-state index is 10.5. The lowest BCUT2D eigenvalue weighted by Crippen LogP contribution is -2.41. The maximum Gasteiger partial charge on any atom is 0.345 e. The monoisotopic (exact) mass is 738 g/mol. The van der Waals surface area contributed by atoms with E-state index in [0.29, 0.717) is 0 Å². The van der Waals surface area contributed by atoms with Gasteiger partial charge in [0.15, 0.2) is 11.4 Å². The summed E-state index contributed by atoms with van der Waals surface area (Å²) < 4.78 is 38.4. The number of hydrazone groups is 2. The van der Waals surface area contributed by atoms with Crippen molar-refractivity contribution in [2.24, 2.45) is 24.3 Å². The number of aromatic nitrogens is 4. The number of fused-ring (bicyclic) bond motifs is 2. The first-order valence-corrected chi connectivity index (χ1v) is 19.5. The SMILES string of the molecule is Cc1ccc(S(=O)(=O)O)cc1.Cn1c(-c2ccc(/C=N/N3CCN(/N=C/c4ccc(-c5c[n+]6ccsc6n5C)cc4)CC3)cc2)c[n+]2ccsc12. The van der Waals surface area contributed by atoms with Gasteiger partial charge in [-0.15, -0.1) is 0 Å². The zero-order valence-corrected chi connectivity index (χ0v) is 30.9. The van der Waals surface area contributed by atoms with E-state index in [1.54, 1.807) is 34.8 Å². The van der Waals surface area contributed by atoms with Crippen LogP contribution in [0.15, 0.2) is 123 Å². The van der Waals surface area contributed by atoms with Gasteiger partial charge in [-0.05, 0) is 54.4 Å².